The molecular formula is C22H26FN5O7S. The Labute approximate surface area is 206 Å². The Kier molecular flexibility index (Phi) is 8.77. The van der Waals surface area contributed by atoms with Crippen molar-refractivity contribution in [2.24, 2.45) is 0 Å². The van der Waals surface area contributed by atoms with E-state index in [1.165, 1.54) is 21.3 Å². The third-order valence-electron chi connectivity index (χ3n) is 5.03. The minimum absolute atomic E-state index is 0.0915. The Morgan fingerprint density at radius 2 is 1.72 bits per heavy atom. The number of aromatic hydroxyl groups is 1. The van der Waals surface area contributed by atoms with Crippen LogP contribution in [-0.2, 0) is 27.6 Å². The van der Waals surface area contributed by atoms with Crippen LogP contribution in [0.4, 0.5) is 10.1 Å². The standard InChI is InChI=1S/C22H26FN5O7S/c1-33-10-5-8-18-26-21(29)19(27-36(31,32)11-9-17-24-12-14(23)13-25-17)22(30)28(18)20-15(34-2)6-4-7-16(20)35-3/h4,6-7,12-13,27,29H,5,8-11H2,1-3H3. The van der Waals surface area contributed by atoms with E-state index in [9.17, 15) is 22.7 Å². The summed E-state index contributed by atoms with van der Waals surface area (Å²) in [5, 5.41) is 10.5. The van der Waals surface area contributed by atoms with Crippen molar-refractivity contribution in [1.29, 1.82) is 0 Å². The third-order valence-corrected chi connectivity index (χ3v) is 6.29. The number of anilines is 1. The number of nitrogens with zero attached hydrogens (tertiary/aromatic N) is 4. The largest absolute Gasteiger partial charge is 0.494 e. The molecule has 0 amide bonds. The molecule has 0 saturated heterocycles. The lowest BCUT2D eigenvalue weighted by molar-refractivity contribution is 0.194. The van der Waals surface area contributed by atoms with Gasteiger partial charge in [-0.1, -0.05) is 6.07 Å². The normalized spacial score (nSPS) is 11.3. The second-order valence-electron chi connectivity index (χ2n) is 7.46. The SMILES string of the molecule is COCCCc1nc(O)c(NS(=O)(=O)CCc2ncc(F)cn2)c(=O)n1-c1c(OC)cccc1OC. The molecule has 1 aromatic carbocycles. The monoisotopic (exact) mass is 523 g/mol. The first-order valence-electron chi connectivity index (χ1n) is 10.7. The molecule has 0 spiro atoms. The Hall–Kier alpha value is -3.78. The van der Waals surface area contributed by atoms with Gasteiger partial charge in [-0.25, -0.2) is 22.8 Å². The zero-order chi connectivity index (χ0) is 26.3. The molecule has 12 nitrogen and oxygen atoms in total. The van der Waals surface area contributed by atoms with Crippen molar-refractivity contribution in [2.45, 2.75) is 19.3 Å². The van der Waals surface area contributed by atoms with Gasteiger partial charge in [-0.05, 0) is 18.6 Å². The fraction of sp³-hybridized carbons (Fsp3) is 0.364. The highest BCUT2D eigenvalue weighted by Crippen LogP contribution is 2.33. The van der Waals surface area contributed by atoms with Crippen LogP contribution in [-0.4, -0.2) is 66.7 Å². The third kappa shape index (κ3) is 6.26. The molecule has 0 aliphatic rings. The van der Waals surface area contributed by atoms with E-state index in [1.807, 2.05) is 0 Å². The lowest BCUT2D eigenvalue weighted by Crippen LogP contribution is -2.30. The molecular weight excluding hydrogens is 497 g/mol. The van der Waals surface area contributed by atoms with Crippen LogP contribution in [0.3, 0.4) is 0 Å². The average Bonchev–Trinajstić information content (AvgIpc) is 2.86. The van der Waals surface area contributed by atoms with E-state index in [2.05, 4.69) is 19.7 Å². The summed E-state index contributed by atoms with van der Waals surface area (Å²) in [6, 6.07) is 4.86. The molecule has 0 unspecified atom stereocenters. The van der Waals surface area contributed by atoms with E-state index in [1.54, 1.807) is 18.2 Å². The van der Waals surface area contributed by atoms with Gasteiger partial charge in [0, 0.05) is 26.6 Å². The van der Waals surface area contributed by atoms with Crippen molar-refractivity contribution < 1.29 is 32.1 Å². The van der Waals surface area contributed by atoms with Crippen molar-refractivity contribution in [3.8, 4) is 23.1 Å². The molecule has 0 radical (unpaired) electrons. The highest BCUT2D eigenvalue weighted by atomic mass is 32.2. The van der Waals surface area contributed by atoms with E-state index in [-0.39, 0.29) is 41.7 Å². The maximum Gasteiger partial charge on any atom is 0.286 e. The molecule has 2 heterocycles. The van der Waals surface area contributed by atoms with Crippen molar-refractivity contribution in [3.05, 3.63) is 58.4 Å². The molecule has 36 heavy (non-hydrogen) atoms. The molecule has 2 N–H and O–H groups in total. The fourth-order valence-electron chi connectivity index (χ4n) is 3.37. The first-order chi connectivity index (χ1) is 17.2. The molecule has 0 atom stereocenters. The van der Waals surface area contributed by atoms with Gasteiger partial charge in [-0.3, -0.25) is 14.1 Å². The zero-order valence-corrected chi connectivity index (χ0v) is 20.7. The first kappa shape index (κ1) is 26.8. The second-order valence-corrected chi connectivity index (χ2v) is 9.31. The van der Waals surface area contributed by atoms with Crippen LogP contribution in [0.25, 0.3) is 5.69 Å². The number of para-hydroxylation sites is 1. The van der Waals surface area contributed by atoms with Crippen molar-refractivity contribution in [2.75, 3.05) is 38.4 Å². The van der Waals surface area contributed by atoms with Crippen molar-refractivity contribution in [1.82, 2.24) is 19.5 Å². The quantitative estimate of drug-likeness (QED) is 0.333. The van der Waals surface area contributed by atoms with E-state index in [0.717, 1.165) is 17.0 Å². The summed E-state index contributed by atoms with van der Waals surface area (Å²) in [5.41, 5.74) is -1.36. The van der Waals surface area contributed by atoms with Gasteiger partial charge in [-0.15, -0.1) is 0 Å². The molecule has 0 aliphatic heterocycles. The molecule has 2 aromatic heterocycles. The summed E-state index contributed by atoms with van der Waals surface area (Å²) in [4.78, 5) is 25.1. The maximum atomic E-state index is 13.6. The minimum Gasteiger partial charge on any atom is -0.494 e. The Morgan fingerprint density at radius 3 is 2.31 bits per heavy atom. The van der Waals surface area contributed by atoms with Crippen molar-refractivity contribution in [3.63, 3.8) is 0 Å². The number of halogens is 1. The molecule has 3 rings (SSSR count). The van der Waals surface area contributed by atoms with E-state index in [4.69, 9.17) is 14.2 Å². The molecule has 0 bridgehead atoms. The van der Waals surface area contributed by atoms with Gasteiger partial charge in [0.05, 0.1) is 32.4 Å². The van der Waals surface area contributed by atoms with Gasteiger partial charge < -0.3 is 19.3 Å². The predicted octanol–water partition coefficient (Wildman–Crippen LogP) is 1.45. The van der Waals surface area contributed by atoms with Crippen molar-refractivity contribution >= 4 is 15.7 Å². The van der Waals surface area contributed by atoms with Gasteiger partial charge in [0.2, 0.25) is 15.9 Å². The van der Waals surface area contributed by atoms with Crippen LogP contribution >= 0.6 is 0 Å². The summed E-state index contributed by atoms with van der Waals surface area (Å²) in [5.74, 6) is -1.23. The molecule has 0 aliphatic carbocycles. The maximum absolute atomic E-state index is 13.6. The van der Waals surface area contributed by atoms with Gasteiger partial charge in [0.15, 0.2) is 11.5 Å². The number of ether oxygens (including phenoxy) is 3. The highest BCUT2D eigenvalue weighted by Gasteiger charge is 2.25. The summed E-state index contributed by atoms with van der Waals surface area (Å²) in [6.45, 7) is 0.361. The van der Waals surface area contributed by atoms with Gasteiger partial charge >= 0.3 is 0 Å². The minimum atomic E-state index is -4.17. The number of methoxy groups -OCH3 is 3. The van der Waals surface area contributed by atoms with E-state index >= 15 is 0 Å². The van der Waals surface area contributed by atoms with Crippen LogP contribution in [0.2, 0.25) is 0 Å². The number of hydrogen-bond acceptors (Lipinski definition) is 10. The van der Waals surface area contributed by atoms with Gasteiger partial charge in [0.25, 0.3) is 5.56 Å². The molecule has 0 fully saturated rings. The molecule has 14 heteroatoms. The Morgan fingerprint density at radius 1 is 1.08 bits per heavy atom. The second kappa shape index (κ2) is 11.8. The lowest BCUT2D eigenvalue weighted by Gasteiger charge is -2.19. The number of aryl methyl sites for hydroxylation is 2. The van der Waals surface area contributed by atoms with E-state index in [0.29, 0.717) is 13.0 Å². The summed E-state index contributed by atoms with van der Waals surface area (Å²) in [6.07, 6.45) is 2.35. The van der Waals surface area contributed by atoms with Crippen LogP contribution in [0.15, 0.2) is 35.4 Å². The predicted molar refractivity (Wildman–Crippen MR) is 128 cm³/mol. The molecule has 0 saturated carbocycles. The number of hydrogen-bond donors (Lipinski definition) is 2. The van der Waals surface area contributed by atoms with Gasteiger partial charge in [0.1, 0.15) is 28.8 Å². The molecule has 194 valence electrons. The zero-order valence-electron chi connectivity index (χ0n) is 19.9. The molecule has 3 aromatic rings. The number of benzene rings is 1. The van der Waals surface area contributed by atoms with Crippen LogP contribution in [0.1, 0.15) is 18.1 Å². The lowest BCUT2D eigenvalue weighted by atomic mass is 10.2. The number of aromatic nitrogens is 4. The van der Waals surface area contributed by atoms with Crippen LogP contribution < -0.4 is 19.8 Å². The van der Waals surface area contributed by atoms with Gasteiger partial charge in [-0.2, -0.15) is 4.98 Å². The van der Waals surface area contributed by atoms with Crippen LogP contribution in [0.5, 0.6) is 17.4 Å². The van der Waals surface area contributed by atoms with E-state index < -0.39 is 38.7 Å². The summed E-state index contributed by atoms with van der Waals surface area (Å²) < 4.78 is 57.6. The first-order valence-corrected chi connectivity index (χ1v) is 12.4. The fourth-order valence-corrected chi connectivity index (χ4v) is 4.41. The summed E-state index contributed by atoms with van der Waals surface area (Å²) in [7, 11) is 0.164. The topological polar surface area (TPSA) is 155 Å². The Bertz CT molecular complexity index is 1340. The van der Waals surface area contributed by atoms with Crippen LogP contribution in [0, 0.1) is 5.82 Å². The Balaban J connectivity index is 2.06. The number of sulfonamides is 1. The number of rotatable bonds is 12. The number of nitrogens with one attached hydrogen (secondary N) is 1. The highest BCUT2D eigenvalue weighted by molar-refractivity contribution is 7.92. The smallest absolute Gasteiger partial charge is 0.286 e. The summed E-state index contributed by atoms with van der Waals surface area (Å²) >= 11 is 0. The average molecular weight is 524 g/mol.